The standard InChI is InChI=1S/C33H30Cl2N4O.C27H17Cl2N3O/c1-3-38(4-2)17-18-40-30-20-28(27-16-15-26(34)19-29(27)35)31-25(21-36)22-39(33(31)37-30)32(23-11-7-5-8-12-23)24-13-9-6-10-14-24;28-20-11-12-21(23(29)13-20)22-14-24(33)31-27-25(22)19(15-30)16-32(27)26(17-7-3-1-4-8-17)18-9-5-2-6-10-18/h5-16,19-20,22,32H,3-4,17-18H2,1-2H3;1-14,16,26H,(H,31,33). The molecule has 0 saturated heterocycles. The van der Waals surface area contributed by atoms with Gasteiger partial charge >= 0.3 is 0 Å². The van der Waals surface area contributed by atoms with Gasteiger partial charge in [0.25, 0.3) is 0 Å². The van der Waals surface area contributed by atoms with E-state index in [1.165, 1.54) is 6.07 Å². The Bertz CT molecular complexity index is 3620. The average molecular weight is 1040 g/mol. The number of pyridine rings is 2. The first kappa shape index (κ1) is 50.3. The minimum atomic E-state index is -0.285. The van der Waals surface area contributed by atoms with E-state index in [1.807, 2.05) is 120 Å². The van der Waals surface area contributed by atoms with Crippen LogP contribution < -0.4 is 10.3 Å². The molecular formula is C60H47Cl4N7O2. The van der Waals surface area contributed by atoms with E-state index in [2.05, 4.69) is 64.7 Å². The molecule has 0 aliphatic carbocycles. The maximum atomic E-state index is 12.8. The molecule has 9 nitrogen and oxygen atoms in total. The maximum Gasteiger partial charge on any atom is 0.250 e. The molecule has 0 spiro atoms. The number of H-pyrrole nitrogens is 1. The molecule has 0 saturated carbocycles. The fraction of sp³-hybridized carbons (Fsp3) is 0.133. The largest absolute Gasteiger partial charge is 0.476 e. The Morgan fingerprint density at radius 3 is 1.47 bits per heavy atom. The third kappa shape index (κ3) is 10.8. The Kier molecular flexibility index (Phi) is 15.8. The number of aromatic amines is 1. The van der Waals surface area contributed by atoms with Gasteiger partial charge in [-0.3, -0.25) is 4.79 Å². The topological polar surface area (TPSA) is 116 Å². The van der Waals surface area contributed by atoms with Crippen LogP contribution in [-0.4, -0.2) is 50.2 Å². The van der Waals surface area contributed by atoms with Crippen molar-refractivity contribution >= 4 is 68.5 Å². The number of aromatic nitrogens is 4. The summed E-state index contributed by atoms with van der Waals surface area (Å²) in [6, 6.07) is 58.5. The van der Waals surface area contributed by atoms with Crippen molar-refractivity contribution < 1.29 is 4.74 Å². The van der Waals surface area contributed by atoms with Crippen LogP contribution >= 0.6 is 46.4 Å². The Labute approximate surface area is 443 Å². The Balaban J connectivity index is 0.000000183. The van der Waals surface area contributed by atoms with Gasteiger partial charge in [-0.1, -0.05) is 194 Å². The lowest BCUT2D eigenvalue weighted by atomic mass is 9.98. The average Bonchev–Trinajstić information content (AvgIpc) is 3.97. The van der Waals surface area contributed by atoms with Gasteiger partial charge in [-0.2, -0.15) is 15.5 Å². The van der Waals surface area contributed by atoms with E-state index in [0.717, 1.165) is 58.4 Å². The summed E-state index contributed by atoms with van der Waals surface area (Å²) in [5.41, 5.74) is 8.85. The van der Waals surface area contributed by atoms with Crippen molar-refractivity contribution in [3.63, 3.8) is 0 Å². The number of nitrogens with one attached hydrogen (secondary N) is 1. The SMILES string of the molecule is CCN(CC)CCOc1cc(-c2ccc(Cl)cc2Cl)c2c(C#N)cn(C(c3ccccc3)c3ccccc3)c2n1.N#Cc1cn(C(c2ccccc2)c2ccccc2)c2[nH]c(=O)cc(-c3ccc(Cl)cc3Cl)c12. The molecule has 0 aliphatic heterocycles. The molecule has 0 amide bonds. The molecule has 4 heterocycles. The number of ether oxygens (including phenoxy) is 1. The van der Waals surface area contributed by atoms with Crippen LogP contribution in [0, 0.1) is 22.7 Å². The Morgan fingerprint density at radius 2 is 1.01 bits per heavy atom. The summed E-state index contributed by atoms with van der Waals surface area (Å²) in [6.45, 7) is 7.44. The molecule has 0 atom stereocenters. The highest BCUT2D eigenvalue weighted by atomic mass is 35.5. The molecule has 4 aromatic heterocycles. The molecule has 10 aromatic rings. The van der Waals surface area contributed by atoms with Gasteiger partial charge in [-0.05, 0) is 59.6 Å². The third-order valence-electron chi connectivity index (χ3n) is 12.8. The molecule has 0 aliphatic rings. The fourth-order valence-corrected chi connectivity index (χ4v) is 10.4. The van der Waals surface area contributed by atoms with E-state index in [0.29, 0.717) is 71.5 Å². The van der Waals surface area contributed by atoms with Crippen LogP contribution in [0.2, 0.25) is 20.1 Å². The van der Waals surface area contributed by atoms with Crippen molar-refractivity contribution in [1.82, 2.24) is 24.0 Å². The zero-order valence-electron chi connectivity index (χ0n) is 39.8. The van der Waals surface area contributed by atoms with E-state index in [1.54, 1.807) is 36.5 Å². The first-order chi connectivity index (χ1) is 35.6. The first-order valence-corrected chi connectivity index (χ1v) is 25.2. The van der Waals surface area contributed by atoms with Gasteiger partial charge in [0.15, 0.2) is 0 Å². The monoisotopic (exact) mass is 1040 g/mol. The zero-order chi connectivity index (χ0) is 51.0. The predicted molar refractivity (Wildman–Crippen MR) is 296 cm³/mol. The third-order valence-corrected chi connectivity index (χ3v) is 13.9. The second kappa shape index (κ2) is 22.9. The molecule has 0 bridgehead atoms. The van der Waals surface area contributed by atoms with Gasteiger partial charge in [0.2, 0.25) is 11.4 Å². The molecule has 362 valence electrons. The summed E-state index contributed by atoms with van der Waals surface area (Å²) in [6.07, 6.45) is 3.67. The van der Waals surface area contributed by atoms with Crippen LogP contribution in [0.4, 0.5) is 0 Å². The highest BCUT2D eigenvalue weighted by Crippen LogP contribution is 2.42. The minimum Gasteiger partial charge on any atom is -0.476 e. The number of fused-ring (bicyclic) bond motifs is 2. The smallest absolute Gasteiger partial charge is 0.250 e. The Hall–Kier alpha value is -7.60. The van der Waals surface area contributed by atoms with Crippen LogP contribution in [0.1, 0.15) is 59.3 Å². The van der Waals surface area contributed by atoms with Gasteiger partial charge in [-0.25, -0.2) is 0 Å². The maximum absolute atomic E-state index is 12.8. The number of rotatable bonds is 14. The summed E-state index contributed by atoms with van der Waals surface area (Å²) in [4.78, 5) is 23.0. The molecule has 1 N–H and O–H groups in total. The molecule has 10 rings (SSSR count). The second-order valence-electron chi connectivity index (χ2n) is 17.2. The summed E-state index contributed by atoms with van der Waals surface area (Å²) < 4.78 is 10.3. The van der Waals surface area contributed by atoms with Gasteiger partial charge in [-0.15, -0.1) is 0 Å². The summed E-state index contributed by atoms with van der Waals surface area (Å²) in [5, 5.41) is 23.6. The van der Waals surface area contributed by atoms with E-state index in [9.17, 15) is 15.3 Å². The van der Waals surface area contributed by atoms with E-state index in [4.69, 9.17) is 56.1 Å². The molecule has 0 fully saturated rings. The van der Waals surface area contributed by atoms with Gasteiger partial charge < -0.3 is 23.8 Å². The highest BCUT2D eigenvalue weighted by Gasteiger charge is 2.26. The number of nitrogens with zero attached hydrogens (tertiary/aromatic N) is 6. The molecule has 6 aromatic carbocycles. The van der Waals surface area contributed by atoms with Crippen molar-refractivity contribution in [2.24, 2.45) is 0 Å². The van der Waals surface area contributed by atoms with Crippen molar-refractivity contribution in [3.05, 3.63) is 246 Å². The number of hydrogen-bond donors (Lipinski definition) is 1. The van der Waals surface area contributed by atoms with E-state index >= 15 is 0 Å². The Morgan fingerprint density at radius 1 is 0.575 bits per heavy atom. The first-order valence-electron chi connectivity index (χ1n) is 23.7. The van der Waals surface area contributed by atoms with E-state index < -0.39 is 0 Å². The van der Waals surface area contributed by atoms with Crippen LogP contribution in [0.15, 0.2) is 187 Å². The molecule has 13 heteroatoms. The number of hydrogen-bond acceptors (Lipinski definition) is 6. The highest BCUT2D eigenvalue weighted by molar-refractivity contribution is 6.37. The normalized spacial score (nSPS) is 11.2. The van der Waals surface area contributed by atoms with Crippen molar-refractivity contribution in [2.45, 2.75) is 25.9 Å². The van der Waals surface area contributed by atoms with Crippen LogP contribution in [-0.2, 0) is 0 Å². The van der Waals surface area contributed by atoms with E-state index in [-0.39, 0.29) is 17.6 Å². The van der Waals surface area contributed by atoms with Gasteiger partial charge in [0.1, 0.15) is 30.0 Å². The number of nitriles is 2. The van der Waals surface area contributed by atoms with Crippen LogP contribution in [0.3, 0.4) is 0 Å². The molecule has 0 unspecified atom stereocenters. The summed E-state index contributed by atoms with van der Waals surface area (Å²) in [5.74, 6) is 0.476. The molecule has 0 radical (unpaired) electrons. The number of likely N-dealkylation sites (N-methyl/N-ethyl adjacent to an activating group) is 1. The quantitative estimate of drug-likeness (QED) is 0.116. The summed E-state index contributed by atoms with van der Waals surface area (Å²) >= 11 is 25.5. The lowest BCUT2D eigenvalue weighted by molar-refractivity contribution is 0.218. The van der Waals surface area contributed by atoms with Crippen LogP contribution in [0.25, 0.3) is 44.3 Å². The fourth-order valence-electron chi connectivity index (χ4n) is 9.38. The van der Waals surface area contributed by atoms with Crippen LogP contribution in [0.5, 0.6) is 5.88 Å². The lowest BCUT2D eigenvalue weighted by Gasteiger charge is -2.22. The van der Waals surface area contributed by atoms with Gasteiger partial charge in [0.05, 0.1) is 23.2 Å². The summed E-state index contributed by atoms with van der Waals surface area (Å²) in [7, 11) is 0. The molecular weight excluding hydrogens is 993 g/mol. The van der Waals surface area contributed by atoms with Crippen molar-refractivity contribution in [1.29, 1.82) is 10.5 Å². The lowest BCUT2D eigenvalue weighted by Crippen LogP contribution is -2.28. The van der Waals surface area contributed by atoms with Crippen molar-refractivity contribution in [3.8, 4) is 40.3 Å². The molecule has 73 heavy (non-hydrogen) atoms. The van der Waals surface area contributed by atoms with Crippen molar-refractivity contribution in [2.75, 3.05) is 26.2 Å². The predicted octanol–water partition coefficient (Wildman–Crippen LogP) is 15.1. The number of halogens is 4. The number of benzene rings is 6. The zero-order valence-corrected chi connectivity index (χ0v) is 42.8. The van der Waals surface area contributed by atoms with Gasteiger partial charge in [0, 0.05) is 84.2 Å². The second-order valence-corrected chi connectivity index (χ2v) is 18.9. The minimum absolute atomic E-state index is 0.209.